The van der Waals surface area contributed by atoms with Gasteiger partial charge >= 0.3 is 6.18 Å². The van der Waals surface area contributed by atoms with Crippen LogP contribution in [0, 0.1) is 5.82 Å². The van der Waals surface area contributed by atoms with Crippen LogP contribution in [0.3, 0.4) is 0 Å². The number of sulfonamides is 1. The maximum absolute atomic E-state index is 13.4. The molecule has 2 rings (SSSR count). The molecule has 0 saturated heterocycles. The second-order valence-electron chi connectivity index (χ2n) is 4.22. The van der Waals surface area contributed by atoms with Crippen LogP contribution in [-0.2, 0) is 16.2 Å². The molecule has 0 saturated carbocycles. The maximum Gasteiger partial charge on any atom is 0.417 e. The Bertz CT molecular complexity index is 806. The van der Waals surface area contributed by atoms with E-state index >= 15 is 0 Å². The fraction of sp³-hybridized carbons (Fsp3) is 0.0769. The molecule has 0 heterocycles. The molecule has 0 amide bonds. The van der Waals surface area contributed by atoms with Gasteiger partial charge in [-0.3, -0.25) is 4.72 Å². The molecule has 118 valence electrons. The number of hydrogen-bond donors (Lipinski definition) is 1. The van der Waals surface area contributed by atoms with Gasteiger partial charge in [-0.15, -0.1) is 0 Å². The zero-order chi connectivity index (χ0) is 16.5. The van der Waals surface area contributed by atoms with Gasteiger partial charge in [0.2, 0.25) is 0 Å². The van der Waals surface area contributed by atoms with Gasteiger partial charge in [0.05, 0.1) is 21.2 Å². The van der Waals surface area contributed by atoms with Gasteiger partial charge in [0.25, 0.3) is 10.0 Å². The molecule has 0 aromatic heterocycles. The molecular formula is C13H8ClF4NO2S. The molecule has 0 atom stereocenters. The predicted molar refractivity (Wildman–Crippen MR) is 73.7 cm³/mol. The topological polar surface area (TPSA) is 46.2 Å². The molecule has 0 fully saturated rings. The van der Waals surface area contributed by atoms with Gasteiger partial charge in [0.15, 0.2) is 0 Å². The van der Waals surface area contributed by atoms with Crippen LogP contribution < -0.4 is 4.72 Å². The molecule has 22 heavy (non-hydrogen) atoms. The first-order valence-electron chi connectivity index (χ1n) is 5.75. The smallest absolute Gasteiger partial charge is 0.277 e. The highest BCUT2D eigenvalue weighted by atomic mass is 35.5. The van der Waals surface area contributed by atoms with Gasteiger partial charge in [-0.25, -0.2) is 12.8 Å². The number of hydrogen-bond acceptors (Lipinski definition) is 2. The molecule has 0 spiro atoms. The van der Waals surface area contributed by atoms with Crippen molar-refractivity contribution < 1.29 is 26.0 Å². The summed E-state index contributed by atoms with van der Waals surface area (Å²) in [7, 11) is -4.38. The average molecular weight is 354 g/mol. The highest BCUT2D eigenvalue weighted by Gasteiger charge is 2.34. The third-order valence-electron chi connectivity index (χ3n) is 2.67. The lowest BCUT2D eigenvalue weighted by molar-refractivity contribution is -0.137. The van der Waals surface area contributed by atoms with Crippen molar-refractivity contribution in [2.45, 2.75) is 11.1 Å². The van der Waals surface area contributed by atoms with Crippen LogP contribution in [0.25, 0.3) is 0 Å². The van der Waals surface area contributed by atoms with Crippen molar-refractivity contribution in [2.24, 2.45) is 0 Å². The summed E-state index contributed by atoms with van der Waals surface area (Å²) in [6, 6.07) is 7.00. The van der Waals surface area contributed by atoms with Crippen LogP contribution >= 0.6 is 11.6 Å². The second kappa shape index (κ2) is 5.77. The largest absolute Gasteiger partial charge is 0.417 e. The third kappa shape index (κ3) is 3.50. The van der Waals surface area contributed by atoms with Gasteiger partial charge in [0, 0.05) is 0 Å². The SMILES string of the molecule is O=S(=O)(Nc1ccccc1F)c1ccc(Cl)c(C(F)(F)F)c1. The Labute approximate surface area is 128 Å². The van der Waals surface area contributed by atoms with Gasteiger partial charge in [-0.05, 0) is 30.3 Å². The molecule has 0 aliphatic rings. The number of nitrogens with one attached hydrogen (secondary N) is 1. The fourth-order valence-corrected chi connectivity index (χ4v) is 2.95. The van der Waals surface area contributed by atoms with Crippen LogP contribution in [0.4, 0.5) is 23.2 Å². The number of anilines is 1. The Balaban J connectivity index is 2.45. The van der Waals surface area contributed by atoms with E-state index in [1.807, 2.05) is 4.72 Å². The number of para-hydroxylation sites is 1. The van der Waals surface area contributed by atoms with E-state index in [2.05, 4.69) is 0 Å². The van der Waals surface area contributed by atoms with E-state index in [1.165, 1.54) is 12.1 Å². The van der Waals surface area contributed by atoms with E-state index in [1.54, 1.807) is 0 Å². The Kier molecular flexibility index (Phi) is 4.35. The molecule has 1 N–H and O–H groups in total. The van der Waals surface area contributed by atoms with E-state index in [0.29, 0.717) is 6.07 Å². The summed E-state index contributed by atoms with van der Waals surface area (Å²) < 4.78 is 77.7. The first-order chi connectivity index (χ1) is 10.1. The normalized spacial score (nSPS) is 12.2. The van der Waals surface area contributed by atoms with Crippen molar-refractivity contribution in [3.8, 4) is 0 Å². The fourth-order valence-electron chi connectivity index (χ4n) is 1.64. The molecule has 9 heteroatoms. The van der Waals surface area contributed by atoms with Gasteiger partial charge in [0.1, 0.15) is 5.82 Å². The highest BCUT2D eigenvalue weighted by molar-refractivity contribution is 7.92. The zero-order valence-corrected chi connectivity index (χ0v) is 12.2. The molecule has 0 bridgehead atoms. The van der Waals surface area contributed by atoms with Crippen molar-refractivity contribution in [1.82, 2.24) is 0 Å². The minimum Gasteiger partial charge on any atom is -0.277 e. The standard InChI is InChI=1S/C13H8ClF4NO2S/c14-10-6-5-8(7-9(10)13(16,17)18)22(20,21)19-12-4-2-1-3-11(12)15/h1-7,19H. The Morgan fingerprint density at radius 1 is 1.05 bits per heavy atom. The number of benzene rings is 2. The van der Waals surface area contributed by atoms with Crippen molar-refractivity contribution in [3.05, 3.63) is 58.9 Å². The van der Waals surface area contributed by atoms with E-state index in [4.69, 9.17) is 11.6 Å². The van der Waals surface area contributed by atoms with Gasteiger partial charge in [-0.2, -0.15) is 13.2 Å². The van der Waals surface area contributed by atoms with Gasteiger partial charge in [-0.1, -0.05) is 23.7 Å². The summed E-state index contributed by atoms with van der Waals surface area (Å²) in [5, 5.41) is -0.627. The lowest BCUT2D eigenvalue weighted by Crippen LogP contribution is -2.15. The Morgan fingerprint density at radius 2 is 1.68 bits per heavy atom. The van der Waals surface area contributed by atoms with Crippen LogP contribution in [0.15, 0.2) is 47.4 Å². The molecular weight excluding hydrogens is 346 g/mol. The van der Waals surface area contributed by atoms with E-state index in [0.717, 1.165) is 24.3 Å². The van der Waals surface area contributed by atoms with Crippen molar-refractivity contribution in [1.29, 1.82) is 0 Å². The number of rotatable bonds is 3. The zero-order valence-electron chi connectivity index (χ0n) is 10.7. The number of alkyl halides is 3. The predicted octanol–water partition coefficient (Wildman–Crippen LogP) is 4.30. The van der Waals surface area contributed by atoms with Crippen LogP contribution in [0.1, 0.15) is 5.56 Å². The van der Waals surface area contributed by atoms with E-state index < -0.39 is 37.5 Å². The summed E-state index contributed by atoms with van der Waals surface area (Å²) in [5.41, 5.74) is -1.66. The molecule has 3 nitrogen and oxygen atoms in total. The van der Waals surface area contributed by atoms with Gasteiger partial charge < -0.3 is 0 Å². The number of halogens is 5. The van der Waals surface area contributed by atoms with E-state index in [9.17, 15) is 26.0 Å². The first-order valence-corrected chi connectivity index (χ1v) is 7.61. The summed E-state index contributed by atoms with van der Waals surface area (Å²) in [6.45, 7) is 0. The van der Waals surface area contributed by atoms with Crippen molar-refractivity contribution in [3.63, 3.8) is 0 Å². The Morgan fingerprint density at radius 3 is 2.27 bits per heavy atom. The summed E-state index contributed by atoms with van der Waals surface area (Å²) in [6.07, 6.45) is -4.80. The molecule has 2 aromatic rings. The van der Waals surface area contributed by atoms with Crippen LogP contribution in [-0.4, -0.2) is 8.42 Å². The molecule has 0 aliphatic heterocycles. The molecule has 0 unspecified atom stereocenters. The van der Waals surface area contributed by atoms with Crippen LogP contribution in [0.2, 0.25) is 5.02 Å². The monoisotopic (exact) mass is 353 g/mol. The highest BCUT2D eigenvalue weighted by Crippen LogP contribution is 2.36. The average Bonchev–Trinajstić information content (AvgIpc) is 2.40. The first kappa shape index (κ1) is 16.6. The van der Waals surface area contributed by atoms with Crippen molar-refractivity contribution >= 4 is 27.3 Å². The minimum absolute atomic E-state index is 0.369. The summed E-state index contributed by atoms with van der Waals surface area (Å²) >= 11 is 5.42. The minimum atomic E-state index is -4.80. The van der Waals surface area contributed by atoms with Crippen molar-refractivity contribution in [2.75, 3.05) is 4.72 Å². The second-order valence-corrected chi connectivity index (χ2v) is 6.31. The lowest BCUT2D eigenvalue weighted by Gasteiger charge is -2.12. The molecule has 0 aliphatic carbocycles. The third-order valence-corrected chi connectivity index (χ3v) is 4.36. The molecule has 0 radical (unpaired) electrons. The van der Waals surface area contributed by atoms with Crippen LogP contribution in [0.5, 0.6) is 0 Å². The van der Waals surface area contributed by atoms with E-state index in [-0.39, 0.29) is 5.69 Å². The quantitative estimate of drug-likeness (QED) is 0.836. The molecule has 2 aromatic carbocycles. The lowest BCUT2D eigenvalue weighted by atomic mass is 10.2. The summed E-state index contributed by atoms with van der Waals surface area (Å²) in [4.78, 5) is -0.674. The summed E-state index contributed by atoms with van der Waals surface area (Å²) in [5.74, 6) is -0.851. The maximum atomic E-state index is 13.4. The Hall–Kier alpha value is -1.80.